The van der Waals surface area contributed by atoms with Gasteiger partial charge in [0.1, 0.15) is 0 Å². The van der Waals surface area contributed by atoms with Gasteiger partial charge in [-0.1, -0.05) is 19.1 Å². The smallest absolute Gasteiger partial charge is 0.336 e. The first-order valence-electron chi connectivity index (χ1n) is 6.32. The van der Waals surface area contributed by atoms with Gasteiger partial charge in [-0.05, 0) is 35.6 Å². The van der Waals surface area contributed by atoms with E-state index in [2.05, 4.69) is 4.72 Å². The Morgan fingerprint density at radius 3 is 2.67 bits per heavy atom. The minimum absolute atomic E-state index is 0.0245. The molecule has 1 aromatic heterocycles. The second-order valence-corrected chi connectivity index (χ2v) is 7.18. The van der Waals surface area contributed by atoms with Crippen LogP contribution in [-0.2, 0) is 23.0 Å². The topological polar surface area (TPSA) is 83.5 Å². The monoisotopic (exact) mass is 325 g/mol. The molecule has 0 unspecified atom stereocenters. The molecule has 2 N–H and O–H groups in total. The lowest BCUT2D eigenvalue weighted by atomic mass is 10.1. The Labute approximate surface area is 127 Å². The average Bonchev–Trinajstić information content (AvgIpc) is 2.97. The maximum Gasteiger partial charge on any atom is 0.336 e. The molecule has 0 aliphatic heterocycles. The molecule has 1 heterocycles. The number of hydrogen-bond acceptors (Lipinski definition) is 4. The van der Waals surface area contributed by atoms with Gasteiger partial charge in [-0.2, -0.15) is 0 Å². The molecule has 0 amide bonds. The van der Waals surface area contributed by atoms with Crippen molar-refractivity contribution in [1.82, 2.24) is 4.72 Å². The second-order valence-electron chi connectivity index (χ2n) is 4.38. The van der Waals surface area contributed by atoms with E-state index in [0.29, 0.717) is 12.0 Å². The van der Waals surface area contributed by atoms with Crippen LogP contribution in [0, 0.1) is 0 Å². The first-order chi connectivity index (χ1) is 9.94. The average molecular weight is 325 g/mol. The van der Waals surface area contributed by atoms with E-state index in [4.69, 9.17) is 5.11 Å². The number of rotatable bonds is 6. The van der Waals surface area contributed by atoms with Crippen LogP contribution in [0.1, 0.15) is 27.7 Å². The fourth-order valence-corrected chi connectivity index (χ4v) is 3.66. The molecule has 0 atom stereocenters. The molecular weight excluding hydrogens is 310 g/mol. The highest BCUT2D eigenvalue weighted by Gasteiger charge is 2.18. The van der Waals surface area contributed by atoms with E-state index < -0.39 is 16.0 Å². The molecule has 21 heavy (non-hydrogen) atoms. The van der Waals surface area contributed by atoms with E-state index >= 15 is 0 Å². The minimum Gasteiger partial charge on any atom is -0.478 e. The molecule has 2 aromatic rings. The highest BCUT2D eigenvalue weighted by Crippen LogP contribution is 2.18. The quantitative estimate of drug-likeness (QED) is 0.854. The predicted octanol–water partition coefficient (Wildman–Crippen LogP) is 2.49. The molecule has 112 valence electrons. The zero-order valence-corrected chi connectivity index (χ0v) is 13.0. The van der Waals surface area contributed by atoms with Crippen molar-refractivity contribution in [3.05, 3.63) is 51.7 Å². The molecule has 0 bridgehead atoms. The number of nitrogens with one attached hydrogen (secondary N) is 1. The SMILES string of the molecule is CCc1ccc(S(=O)(=O)NCc2cccs2)cc1C(=O)O. The molecule has 0 radical (unpaired) electrons. The maximum atomic E-state index is 12.2. The zero-order chi connectivity index (χ0) is 15.5. The summed E-state index contributed by atoms with van der Waals surface area (Å²) in [7, 11) is -3.72. The zero-order valence-electron chi connectivity index (χ0n) is 11.4. The number of aryl methyl sites for hydroxylation is 1. The highest BCUT2D eigenvalue weighted by molar-refractivity contribution is 7.89. The van der Waals surface area contributed by atoms with Gasteiger partial charge in [-0.3, -0.25) is 0 Å². The summed E-state index contributed by atoms with van der Waals surface area (Å²) in [6, 6.07) is 7.85. The van der Waals surface area contributed by atoms with Crippen LogP contribution >= 0.6 is 11.3 Å². The van der Waals surface area contributed by atoms with Crippen LogP contribution < -0.4 is 4.72 Å². The van der Waals surface area contributed by atoms with Gasteiger partial charge >= 0.3 is 5.97 Å². The predicted molar refractivity (Wildman–Crippen MR) is 81.1 cm³/mol. The van der Waals surface area contributed by atoms with Crippen LogP contribution in [-0.4, -0.2) is 19.5 Å². The number of carboxylic acids is 1. The summed E-state index contributed by atoms with van der Waals surface area (Å²) in [6.45, 7) is 2.02. The largest absolute Gasteiger partial charge is 0.478 e. The molecule has 0 aliphatic carbocycles. The summed E-state index contributed by atoms with van der Waals surface area (Å²) in [4.78, 5) is 12.0. The van der Waals surface area contributed by atoms with Gasteiger partial charge in [0.2, 0.25) is 10.0 Å². The number of thiophene rings is 1. The van der Waals surface area contributed by atoms with Gasteiger partial charge in [0.15, 0.2) is 0 Å². The minimum atomic E-state index is -3.72. The molecule has 0 aliphatic rings. The van der Waals surface area contributed by atoms with Crippen LogP contribution in [0.4, 0.5) is 0 Å². The van der Waals surface area contributed by atoms with Gasteiger partial charge in [-0.15, -0.1) is 11.3 Å². The molecule has 2 rings (SSSR count). The normalized spacial score (nSPS) is 11.5. The van der Waals surface area contributed by atoms with Crippen LogP contribution in [0.15, 0.2) is 40.6 Å². The van der Waals surface area contributed by atoms with E-state index in [1.54, 1.807) is 6.07 Å². The van der Waals surface area contributed by atoms with E-state index in [1.165, 1.54) is 23.5 Å². The Morgan fingerprint density at radius 2 is 2.10 bits per heavy atom. The van der Waals surface area contributed by atoms with Crippen molar-refractivity contribution in [3.8, 4) is 0 Å². The molecule has 5 nitrogen and oxygen atoms in total. The molecule has 0 spiro atoms. The Kier molecular flexibility index (Phi) is 4.76. The van der Waals surface area contributed by atoms with Crippen molar-refractivity contribution in [3.63, 3.8) is 0 Å². The number of aromatic carboxylic acids is 1. The summed E-state index contributed by atoms with van der Waals surface area (Å²) in [5, 5.41) is 11.0. The van der Waals surface area contributed by atoms with Crippen LogP contribution in [0.2, 0.25) is 0 Å². The van der Waals surface area contributed by atoms with Crippen LogP contribution in [0.3, 0.4) is 0 Å². The van der Waals surface area contributed by atoms with Gasteiger partial charge in [0.25, 0.3) is 0 Å². The molecular formula is C14H15NO4S2. The maximum absolute atomic E-state index is 12.2. The van der Waals surface area contributed by atoms with Crippen molar-refractivity contribution < 1.29 is 18.3 Å². The second kappa shape index (κ2) is 6.38. The summed E-state index contributed by atoms with van der Waals surface area (Å²) in [5.74, 6) is -1.12. The fourth-order valence-electron chi connectivity index (χ4n) is 1.89. The third-order valence-electron chi connectivity index (χ3n) is 3.02. The van der Waals surface area contributed by atoms with E-state index in [0.717, 1.165) is 4.88 Å². The van der Waals surface area contributed by atoms with Crippen molar-refractivity contribution in [1.29, 1.82) is 0 Å². The Balaban J connectivity index is 2.27. The van der Waals surface area contributed by atoms with E-state index in [-0.39, 0.29) is 17.0 Å². The Morgan fingerprint density at radius 1 is 1.33 bits per heavy atom. The molecule has 0 fully saturated rings. The van der Waals surface area contributed by atoms with Crippen molar-refractivity contribution in [2.45, 2.75) is 24.8 Å². The Bertz CT molecular complexity index is 736. The van der Waals surface area contributed by atoms with Crippen LogP contribution in [0.25, 0.3) is 0 Å². The van der Waals surface area contributed by atoms with Crippen LogP contribution in [0.5, 0.6) is 0 Å². The molecule has 0 saturated carbocycles. The standard InChI is InChI=1S/C14H15NO4S2/c1-2-10-5-6-12(8-13(10)14(16)17)21(18,19)15-9-11-4-3-7-20-11/h3-8,15H,2,9H2,1H3,(H,16,17). The van der Waals surface area contributed by atoms with Gasteiger partial charge in [0.05, 0.1) is 10.5 Å². The Hall–Kier alpha value is -1.70. The number of carbonyl (C=O) groups is 1. The van der Waals surface area contributed by atoms with E-state index in [9.17, 15) is 13.2 Å². The number of sulfonamides is 1. The third kappa shape index (κ3) is 3.69. The highest BCUT2D eigenvalue weighted by atomic mass is 32.2. The van der Waals surface area contributed by atoms with Crippen molar-refractivity contribution >= 4 is 27.3 Å². The number of benzene rings is 1. The lowest BCUT2D eigenvalue weighted by Gasteiger charge is -2.09. The third-order valence-corrected chi connectivity index (χ3v) is 5.29. The summed E-state index contributed by atoms with van der Waals surface area (Å²) in [6.07, 6.45) is 0.532. The lowest BCUT2D eigenvalue weighted by Crippen LogP contribution is -2.23. The van der Waals surface area contributed by atoms with Crippen molar-refractivity contribution in [2.24, 2.45) is 0 Å². The first-order valence-corrected chi connectivity index (χ1v) is 8.68. The molecule has 0 saturated heterocycles. The van der Waals surface area contributed by atoms with E-state index in [1.807, 2.05) is 24.4 Å². The molecule has 1 aromatic carbocycles. The van der Waals surface area contributed by atoms with Crippen molar-refractivity contribution in [2.75, 3.05) is 0 Å². The summed E-state index contributed by atoms with van der Waals surface area (Å²) >= 11 is 1.45. The summed E-state index contributed by atoms with van der Waals surface area (Å²) < 4.78 is 26.9. The van der Waals surface area contributed by atoms with Gasteiger partial charge in [0, 0.05) is 11.4 Å². The van der Waals surface area contributed by atoms with Gasteiger partial charge < -0.3 is 5.11 Å². The summed E-state index contributed by atoms with van der Waals surface area (Å²) in [5.41, 5.74) is 0.635. The lowest BCUT2D eigenvalue weighted by molar-refractivity contribution is 0.0695. The number of hydrogen-bond donors (Lipinski definition) is 2. The molecule has 7 heteroatoms. The fraction of sp³-hybridized carbons (Fsp3) is 0.214. The van der Waals surface area contributed by atoms with Gasteiger partial charge in [-0.25, -0.2) is 17.9 Å². The number of carboxylic acid groups (broad SMARTS) is 1. The first kappa shape index (κ1) is 15.7.